The van der Waals surface area contributed by atoms with Gasteiger partial charge in [0.25, 0.3) is 5.91 Å². The van der Waals surface area contributed by atoms with E-state index in [1.54, 1.807) is 0 Å². The maximum Gasteiger partial charge on any atom is 0.325 e. The number of carboxylic acids is 1. The number of hydrogen-bond donors (Lipinski definition) is 2. The van der Waals surface area contributed by atoms with Gasteiger partial charge in [-0.05, 0) is 12.0 Å². The Kier molecular flexibility index (Phi) is 3.79. The van der Waals surface area contributed by atoms with Crippen LogP contribution in [0.4, 0.5) is 4.79 Å². The molecule has 100 valence electrons. The maximum absolute atomic E-state index is 12.0. The molecule has 1 aromatic carbocycles. The Morgan fingerprint density at radius 1 is 1.26 bits per heavy atom. The van der Waals surface area contributed by atoms with Gasteiger partial charge in [-0.2, -0.15) is 0 Å². The second-order valence-corrected chi connectivity index (χ2v) is 4.34. The van der Waals surface area contributed by atoms with Gasteiger partial charge in [-0.25, -0.2) is 4.79 Å². The molecular formula is C13H14N2O4. The van der Waals surface area contributed by atoms with Crippen LogP contribution < -0.4 is 5.32 Å². The molecule has 0 aromatic heterocycles. The summed E-state index contributed by atoms with van der Waals surface area (Å²) in [5.74, 6) is -1.35. The summed E-state index contributed by atoms with van der Waals surface area (Å²) in [4.78, 5) is 35.3. The highest BCUT2D eigenvalue weighted by Crippen LogP contribution is 2.14. The molecule has 0 saturated carbocycles. The fourth-order valence-corrected chi connectivity index (χ4v) is 1.96. The van der Waals surface area contributed by atoms with Gasteiger partial charge in [-0.15, -0.1) is 0 Å². The van der Waals surface area contributed by atoms with Crippen LogP contribution in [-0.2, 0) is 16.1 Å². The molecule has 0 radical (unpaired) electrons. The van der Waals surface area contributed by atoms with Crippen molar-refractivity contribution in [2.75, 3.05) is 0 Å². The van der Waals surface area contributed by atoms with E-state index in [2.05, 4.69) is 5.32 Å². The van der Waals surface area contributed by atoms with Gasteiger partial charge in [0.2, 0.25) is 0 Å². The molecule has 2 N–H and O–H groups in total. The molecule has 0 aliphatic carbocycles. The van der Waals surface area contributed by atoms with Gasteiger partial charge < -0.3 is 10.4 Å². The summed E-state index contributed by atoms with van der Waals surface area (Å²) in [5, 5.41) is 11.1. The summed E-state index contributed by atoms with van der Waals surface area (Å²) in [7, 11) is 0. The number of amides is 3. The van der Waals surface area contributed by atoms with Crippen LogP contribution in [0.1, 0.15) is 18.4 Å². The molecule has 1 fully saturated rings. The summed E-state index contributed by atoms with van der Waals surface area (Å²) in [6.07, 6.45) is -0.0267. The van der Waals surface area contributed by atoms with Crippen LogP contribution >= 0.6 is 0 Å². The number of hydrogen-bond acceptors (Lipinski definition) is 3. The van der Waals surface area contributed by atoms with E-state index >= 15 is 0 Å². The molecule has 6 heteroatoms. The van der Waals surface area contributed by atoms with Gasteiger partial charge in [0, 0.05) is 6.42 Å². The SMILES string of the molecule is O=C(O)CCC1NC(=O)N(Cc2ccccc2)C1=O. The average molecular weight is 262 g/mol. The number of carbonyl (C=O) groups excluding carboxylic acids is 2. The predicted octanol–water partition coefficient (Wildman–Crippen LogP) is 0.972. The van der Waals surface area contributed by atoms with E-state index in [0.717, 1.165) is 10.5 Å². The molecule has 2 rings (SSSR count). The first-order valence-corrected chi connectivity index (χ1v) is 5.95. The highest BCUT2D eigenvalue weighted by atomic mass is 16.4. The molecule has 1 heterocycles. The van der Waals surface area contributed by atoms with Gasteiger partial charge in [-0.3, -0.25) is 14.5 Å². The first-order chi connectivity index (χ1) is 9.08. The standard InChI is InChI=1S/C13H14N2O4/c16-11(17)7-6-10-12(18)15(13(19)14-10)8-9-4-2-1-3-5-9/h1-5,10H,6-8H2,(H,14,19)(H,16,17). The number of carbonyl (C=O) groups is 3. The van der Waals surface area contributed by atoms with E-state index in [-0.39, 0.29) is 25.3 Å². The quantitative estimate of drug-likeness (QED) is 0.774. The van der Waals surface area contributed by atoms with Crippen molar-refractivity contribution in [3.63, 3.8) is 0 Å². The number of imide groups is 1. The molecule has 1 atom stereocenters. The molecule has 6 nitrogen and oxygen atoms in total. The third-order valence-corrected chi connectivity index (χ3v) is 2.94. The van der Waals surface area contributed by atoms with Crippen molar-refractivity contribution in [1.82, 2.24) is 10.2 Å². The smallest absolute Gasteiger partial charge is 0.325 e. The Morgan fingerprint density at radius 3 is 2.58 bits per heavy atom. The number of urea groups is 1. The highest BCUT2D eigenvalue weighted by molar-refractivity contribution is 6.04. The number of nitrogens with zero attached hydrogens (tertiary/aromatic N) is 1. The largest absolute Gasteiger partial charge is 0.481 e. The number of benzene rings is 1. The summed E-state index contributed by atoms with van der Waals surface area (Å²) < 4.78 is 0. The van der Waals surface area contributed by atoms with Crippen LogP contribution in [0.25, 0.3) is 0 Å². The third-order valence-electron chi connectivity index (χ3n) is 2.94. The van der Waals surface area contributed by atoms with Gasteiger partial charge in [0.15, 0.2) is 0 Å². The topological polar surface area (TPSA) is 86.7 Å². The number of rotatable bonds is 5. The monoisotopic (exact) mass is 262 g/mol. The van der Waals surface area contributed by atoms with E-state index in [9.17, 15) is 14.4 Å². The summed E-state index contributed by atoms with van der Waals surface area (Å²) in [6, 6.07) is 7.96. The minimum absolute atomic E-state index is 0.116. The normalized spacial score (nSPS) is 18.5. The number of aliphatic carboxylic acids is 1. The zero-order valence-electron chi connectivity index (χ0n) is 10.2. The Labute approximate surface area is 110 Å². The minimum Gasteiger partial charge on any atom is -0.481 e. The lowest BCUT2D eigenvalue weighted by molar-refractivity contribution is -0.137. The molecule has 0 spiro atoms. The van der Waals surface area contributed by atoms with Crippen LogP contribution in [0.15, 0.2) is 30.3 Å². The predicted molar refractivity (Wildman–Crippen MR) is 66.2 cm³/mol. The van der Waals surface area contributed by atoms with Gasteiger partial charge in [0.05, 0.1) is 6.54 Å². The van der Waals surface area contributed by atoms with E-state index in [1.165, 1.54) is 0 Å². The number of carboxylic acid groups (broad SMARTS) is 1. The third kappa shape index (κ3) is 3.09. The Hall–Kier alpha value is -2.37. The lowest BCUT2D eigenvalue weighted by atomic mass is 10.1. The molecule has 1 aliphatic heterocycles. The first-order valence-electron chi connectivity index (χ1n) is 5.95. The van der Waals surface area contributed by atoms with E-state index < -0.39 is 18.0 Å². The lowest BCUT2D eigenvalue weighted by Gasteiger charge is -2.12. The Morgan fingerprint density at radius 2 is 1.95 bits per heavy atom. The lowest BCUT2D eigenvalue weighted by Crippen LogP contribution is -2.31. The fraction of sp³-hybridized carbons (Fsp3) is 0.308. The van der Waals surface area contributed by atoms with Crippen molar-refractivity contribution in [2.45, 2.75) is 25.4 Å². The summed E-state index contributed by atoms with van der Waals surface area (Å²) in [5.41, 5.74) is 0.852. The molecule has 1 aliphatic rings. The zero-order chi connectivity index (χ0) is 13.8. The van der Waals surface area contributed by atoms with E-state index in [0.29, 0.717) is 0 Å². The molecule has 1 unspecified atom stereocenters. The second kappa shape index (κ2) is 5.51. The summed E-state index contributed by atoms with van der Waals surface area (Å²) in [6.45, 7) is 0.203. The minimum atomic E-state index is -0.983. The maximum atomic E-state index is 12.0. The van der Waals surface area contributed by atoms with Crippen molar-refractivity contribution in [3.05, 3.63) is 35.9 Å². The molecule has 1 aromatic rings. The Balaban J connectivity index is 2.00. The van der Waals surface area contributed by atoms with Crippen LogP contribution in [0.2, 0.25) is 0 Å². The van der Waals surface area contributed by atoms with Crippen LogP contribution in [0.3, 0.4) is 0 Å². The number of nitrogens with one attached hydrogen (secondary N) is 1. The van der Waals surface area contributed by atoms with Crippen molar-refractivity contribution < 1.29 is 19.5 Å². The zero-order valence-corrected chi connectivity index (χ0v) is 10.2. The van der Waals surface area contributed by atoms with Crippen LogP contribution in [-0.4, -0.2) is 34.0 Å². The fourth-order valence-electron chi connectivity index (χ4n) is 1.96. The van der Waals surface area contributed by atoms with Crippen molar-refractivity contribution >= 4 is 17.9 Å². The van der Waals surface area contributed by atoms with Crippen LogP contribution in [0.5, 0.6) is 0 Å². The van der Waals surface area contributed by atoms with Gasteiger partial charge in [0.1, 0.15) is 6.04 Å². The highest BCUT2D eigenvalue weighted by Gasteiger charge is 2.37. The van der Waals surface area contributed by atoms with Crippen molar-refractivity contribution in [3.8, 4) is 0 Å². The first kappa shape index (κ1) is 13.1. The molecule has 0 bridgehead atoms. The van der Waals surface area contributed by atoms with Gasteiger partial charge in [-0.1, -0.05) is 30.3 Å². The molecule has 1 saturated heterocycles. The Bertz CT molecular complexity index is 501. The van der Waals surface area contributed by atoms with Crippen molar-refractivity contribution in [2.24, 2.45) is 0 Å². The second-order valence-electron chi connectivity index (χ2n) is 4.34. The molecular weight excluding hydrogens is 248 g/mol. The van der Waals surface area contributed by atoms with Crippen molar-refractivity contribution in [1.29, 1.82) is 0 Å². The van der Waals surface area contributed by atoms with E-state index in [4.69, 9.17) is 5.11 Å². The molecule has 3 amide bonds. The summed E-state index contributed by atoms with van der Waals surface area (Å²) >= 11 is 0. The van der Waals surface area contributed by atoms with E-state index in [1.807, 2.05) is 30.3 Å². The average Bonchev–Trinajstić information content (AvgIpc) is 2.65. The van der Waals surface area contributed by atoms with Crippen LogP contribution in [0, 0.1) is 0 Å². The molecule has 19 heavy (non-hydrogen) atoms. The van der Waals surface area contributed by atoms with Gasteiger partial charge >= 0.3 is 12.0 Å².